The molecule has 8 heteroatoms. The van der Waals surface area contributed by atoms with E-state index in [-0.39, 0.29) is 12.8 Å². The van der Waals surface area contributed by atoms with E-state index in [1.165, 1.54) is 11.3 Å². The molecule has 19 heavy (non-hydrogen) atoms. The first-order valence-corrected chi connectivity index (χ1v) is 6.62. The van der Waals surface area contributed by atoms with E-state index in [4.69, 9.17) is 5.11 Å². The lowest BCUT2D eigenvalue weighted by Gasteiger charge is -2.05. The summed E-state index contributed by atoms with van der Waals surface area (Å²) in [6.45, 7) is 0.322. The second-order valence-electron chi connectivity index (χ2n) is 3.80. The molecule has 0 aromatic carbocycles. The normalized spacial score (nSPS) is 9.89. The van der Waals surface area contributed by atoms with Gasteiger partial charge in [-0.2, -0.15) is 0 Å². The number of unbranched alkanes of at least 4 members (excludes halogenated alkanes) is 1. The van der Waals surface area contributed by atoms with Crippen molar-refractivity contribution in [3.05, 3.63) is 16.6 Å². The first kappa shape index (κ1) is 15.1. The smallest absolute Gasteiger partial charge is 0.321 e. The number of carbonyl (C=O) groups excluding carboxylic acids is 2. The highest BCUT2D eigenvalue weighted by atomic mass is 32.1. The highest BCUT2D eigenvalue weighted by Gasteiger charge is 2.07. The number of carboxylic acid groups (broad SMARTS) is 1. The van der Waals surface area contributed by atoms with E-state index in [9.17, 15) is 14.4 Å². The van der Waals surface area contributed by atoms with E-state index in [1.807, 2.05) is 0 Å². The van der Waals surface area contributed by atoms with E-state index >= 15 is 0 Å². The van der Waals surface area contributed by atoms with Crippen molar-refractivity contribution in [1.29, 1.82) is 0 Å². The van der Waals surface area contributed by atoms with Gasteiger partial charge in [0, 0.05) is 23.9 Å². The molecule has 104 valence electrons. The van der Waals surface area contributed by atoms with Gasteiger partial charge in [0.25, 0.3) is 0 Å². The number of hydrogen-bond acceptors (Lipinski definition) is 5. The molecule has 0 saturated heterocycles. The molecular formula is C11H15N3O4S. The van der Waals surface area contributed by atoms with Crippen molar-refractivity contribution >= 4 is 29.2 Å². The third-order valence-corrected chi connectivity index (χ3v) is 2.98. The summed E-state index contributed by atoms with van der Waals surface area (Å²) in [6.07, 6.45) is 2.68. The molecule has 3 amide bonds. The zero-order chi connectivity index (χ0) is 14.1. The summed E-state index contributed by atoms with van der Waals surface area (Å²) < 4.78 is 0. The van der Waals surface area contributed by atoms with Gasteiger partial charge in [-0.15, -0.1) is 11.3 Å². The van der Waals surface area contributed by atoms with Crippen LogP contribution in [0.25, 0.3) is 0 Å². The summed E-state index contributed by atoms with van der Waals surface area (Å²) >= 11 is 1.41. The van der Waals surface area contributed by atoms with Gasteiger partial charge in [-0.05, 0) is 12.8 Å². The summed E-state index contributed by atoms with van der Waals surface area (Å²) in [4.78, 5) is 37.7. The molecule has 0 aliphatic heterocycles. The standard InChI is InChI=1S/C11H15N3O4S/c15-9(3-1-2-4-10(16)17)14-11(18)13-6-8-5-12-7-19-8/h5,7H,1-4,6H2,(H,16,17)(H2,13,14,15,18). The molecule has 1 heterocycles. The van der Waals surface area contributed by atoms with Crippen molar-refractivity contribution in [1.82, 2.24) is 15.6 Å². The summed E-state index contributed by atoms with van der Waals surface area (Å²) in [5.74, 6) is -1.30. The first-order valence-electron chi connectivity index (χ1n) is 5.75. The monoisotopic (exact) mass is 285 g/mol. The van der Waals surface area contributed by atoms with Gasteiger partial charge in [-0.1, -0.05) is 0 Å². The Morgan fingerprint density at radius 2 is 2.00 bits per heavy atom. The number of nitrogens with zero attached hydrogens (tertiary/aromatic N) is 1. The van der Waals surface area contributed by atoms with Crippen LogP contribution in [-0.2, 0) is 16.1 Å². The molecular weight excluding hydrogens is 270 g/mol. The van der Waals surface area contributed by atoms with Crippen LogP contribution in [0.4, 0.5) is 4.79 Å². The summed E-state index contributed by atoms with van der Waals surface area (Å²) in [6, 6.07) is -0.559. The van der Waals surface area contributed by atoms with Gasteiger partial charge in [-0.3, -0.25) is 19.9 Å². The van der Waals surface area contributed by atoms with Crippen LogP contribution in [0.15, 0.2) is 11.7 Å². The minimum absolute atomic E-state index is 0.0326. The maximum atomic E-state index is 11.3. The molecule has 3 N–H and O–H groups in total. The molecule has 0 fully saturated rings. The van der Waals surface area contributed by atoms with Crippen LogP contribution in [-0.4, -0.2) is 28.0 Å². The predicted molar refractivity (Wildman–Crippen MR) is 68.6 cm³/mol. The Bertz CT molecular complexity index is 433. The molecule has 0 aliphatic rings. The molecule has 1 rings (SSSR count). The predicted octanol–water partition coefficient (Wildman–Crippen LogP) is 1.11. The second-order valence-corrected chi connectivity index (χ2v) is 4.77. The molecule has 0 aliphatic carbocycles. The van der Waals surface area contributed by atoms with Crippen LogP contribution in [0.5, 0.6) is 0 Å². The molecule has 0 radical (unpaired) electrons. The number of urea groups is 1. The van der Waals surface area contributed by atoms with Crippen LogP contribution in [0.2, 0.25) is 0 Å². The van der Waals surface area contributed by atoms with Crippen molar-refractivity contribution in [3.63, 3.8) is 0 Å². The fourth-order valence-corrected chi connectivity index (χ4v) is 1.83. The van der Waals surface area contributed by atoms with Crippen LogP contribution in [0.1, 0.15) is 30.6 Å². The van der Waals surface area contributed by atoms with Crippen molar-refractivity contribution in [3.8, 4) is 0 Å². The van der Waals surface area contributed by atoms with Gasteiger partial charge in [0.2, 0.25) is 5.91 Å². The minimum atomic E-state index is -0.886. The Kier molecular flexibility index (Phi) is 6.51. The van der Waals surface area contributed by atoms with Crippen molar-refractivity contribution in [2.45, 2.75) is 32.2 Å². The van der Waals surface area contributed by atoms with Crippen molar-refractivity contribution < 1.29 is 19.5 Å². The van der Waals surface area contributed by atoms with Gasteiger partial charge in [0.1, 0.15) is 0 Å². The summed E-state index contributed by atoms with van der Waals surface area (Å²) in [5, 5.41) is 13.1. The van der Waals surface area contributed by atoms with Crippen LogP contribution < -0.4 is 10.6 Å². The van der Waals surface area contributed by atoms with Gasteiger partial charge >= 0.3 is 12.0 Å². The van der Waals surface area contributed by atoms with Crippen LogP contribution in [0.3, 0.4) is 0 Å². The van der Waals surface area contributed by atoms with Gasteiger partial charge < -0.3 is 10.4 Å². The van der Waals surface area contributed by atoms with Gasteiger partial charge in [-0.25, -0.2) is 4.79 Å². The largest absolute Gasteiger partial charge is 0.481 e. The molecule has 0 saturated carbocycles. The highest BCUT2D eigenvalue weighted by Crippen LogP contribution is 2.04. The topological polar surface area (TPSA) is 108 Å². The highest BCUT2D eigenvalue weighted by molar-refractivity contribution is 7.09. The molecule has 0 unspecified atom stereocenters. The average Bonchev–Trinajstić information content (AvgIpc) is 2.85. The van der Waals surface area contributed by atoms with Crippen molar-refractivity contribution in [2.24, 2.45) is 0 Å². The zero-order valence-electron chi connectivity index (χ0n) is 10.2. The second kappa shape index (κ2) is 8.20. The molecule has 0 atom stereocenters. The van der Waals surface area contributed by atoms with E-state index in [0.717, 1.165) is 4.88 Å². The fourth-order valence-electron chi connectivity index (χ4n) is 1.29. The summed E-state index contributed by atoms with van der Waals surface area (Å²) in [5.41, 5.74) is 1.66. The number of imide groups is 1. The number of rotatable bonds is 7. The Hall–Kier alpha value is -1.96. The Labute approximate surface area is 114 Å². The third-order valence-electron chi connectivity index (χ3n) is 2.20. The number of amides is 3. The Morgan fingerprint density at radius 3 is 2.63 bits per heavy atom. The lowest BCUT2D eigenvalue weighted by Crippen LogP contribution is -2.38. The number of hydrogen-bond donors (Lipinski definition) is 3. The third kappa shape index (κ3) is 7.14. The van der Waals surface area contributed by atoms with Crippen molar-refractivity contribution in [2.75, 3.05) is 0 Å². The number of aromatic nitrogens is 1. The maximum absolute atomic E-state index is 11.3. The first-order chi connectivity index (χ1) is 9.08. The van der Waals surface area contributed by atoms with Crippen LogP contribution in [0, 0.1) is 0 Å². The Balaban J connectivity index is 2.10. The fraction of sp³-hybridized carbons (Fsp3) is 0.455. The quantitative estimate of drug-likeness (QED) is 0.650. The Morgan fingerprint density at radius 1 is 1.26 bits per heavy atom. The SMILES string of the molecule is O=C(O)CCCCC(=O)NC(=O)NCc1cncs1. The molecule has 0 bridgehead atoms. The number of nitrogens with one attached hydrogen (secondary N) is 2. The number of carbonyl (C=O) groups is 3. The van der Waals surface area contributed by atoms with Gasteiger partial charge in [0.15, 0.2) is 0 Å². The van der Waals surface area contributed by atoms with Crippen LogP contribution >= 0.6 is 11.3 Å². The lowest BCUT2D eigenvalue weighted by molar-refractivity contribution is -0.137. The molecule has 1 aromatic rings. The van der Waals surface area contributed by atoms with E-state index in [1.54, 1.807) is 11.7 Å². The number of carboxylic acids is 1. The zero-order valence-corrected chi connectivity index (χ0v) is 11.0. The number of thiazole rings is 1. The van der Waals surface area contributed by atoms with E-state index in [2.05, 4.69) is 15.6 Å². The van der Waals surface area contributed by atoms with Gasteiger partial charge in [0.05, 0.1) is 12.1 Å². The molecule has 7 nitrogen and oxygen atoms in total. The molecule has 1 aromatic heterocycles. The lowest BCUT2D eigenvalue weighted by atomic mass is 10.2. The van der Waals surface area contributed by atoms with E-state index in [0.29, 0.717) is 19.4 Å². The number of aliphatic carboxylic acids is 1. The maximum Gasteiger partial charge on any atom is 0.321 e. The minimum Gasteiger partial charge on any atom is -0.481 e. The molecule has 0 spiro atoms. The summed E-state index contributed by atoms with van der Waals surface area (Å²) in [7, 11) is 0. The average molecular weight is 285 g/mol. The van der Waals surface area contributed by atoms with E-state index < -0.39 is 17.9 Å².